The molecule has 0 saturated carbocycles. The van der Waals surface area contributed by atoms with E-state index in [2.05, 4.69) is 15.5 Å². The molecule has 1 amide bonds. The number of halogens is 2. The molecule has 0 atom stereocenters. The molecule has 0 saturated heterocycles. The van der Waals surface area contributed by atoms with Gasteiger partial charge in [-0.2, -0.15) is 18.6 Å². The van der Waals surface area contributed by atoms with Crippen LogP contribution in [0.25, 0.3) is 10.8 Å². The molecule has 4 aromatic rings. The van der Waals surface area contributed by atoms with E-state index in [1.54, 1.807) is 49.4 Å². The number of carbonyl (C=O) groups is 1. The number of ether oxygens (including phenoxy) is 1. The first-order valence-electron chi connectivity index (χ1n) is 10.6. The molecule has 0 aliphatic heterocycles. The summed E-state index contributed by atoms with van der Waals surface area (Å²) in [6.45, 7) is 1.60. The van der Waals surface area contributed by atoms with E-state index in [0.29, 0.717) is 16.3 Å². The second-order valence-corrected chi connectivity index (χ2v) is 10.0. The van der Waals surface area contributed by atoms with Crippen molar-refractivity contribution in [2.24, 2.45) is 10.2 Å². The normalized spacial score (nSPS) is 11.4. The van der Waals surface area contributed by atoms with Gasteiger partial charge in [-0.1, -0.05) is 59.3 Å². The Morgan fingerprint density at radius 2 is 1.74 bits per heavy atom. The van der Waals surface area contributed by atoms with Gasteiger partial charge < -0.3 is 15.2 Å². The number of hydrogen-bond donors (Lipinski definition) is 2. The Hall–Kier alpha value is -2.70. The quantitative estimate of drug-likeness (QED) is 0.203. The molecule has 9 nitrogen and oxygen atoms in total. The number of methoxy groups -OCH3 is 1. The number of aryl methyl sites for hydroxylation is 1. The summed E-state index contributed by atoms with van der Waals surface area (Å²) < 4.78 is 38.0. The Bertz CT molecular complexity index is 1700. The number of anilines is 1. The molecule has 0 unspecified atom stereocenters. The third-order valence-electron chi connectivity index (χ3n) is 5.43. The van der Waals surface area contributed by atoms with E-state index in [0.717, 1.165) is 6.07 Å². The van der Waals surface area contributed by atoms with Crippen molar-refractivity contribution in [3.05, 3.63) is 81.8 Å². The minimum absolute atomic E-state index is 0. The van der Waals surface area contributed by atoms with Crippen molar-refractivity contribution >= 4 is 67.1 Å². The summed E-state index contributed by atoms with van der Waals surface area (Å²) in [4.78, 5) is 12.6. The standard InChI is InChI=1S/C25H19Cl2N3O6S.Na/c1-13-10-18(27)21(37(33,34)35)12-20(13)29-30-22-15-7-4-3-6-14(15)11-16(23(22)31)25(32)28-19-9-5-8-17(26)24(19)36-2;/h3-12,31H,1-2H3,(H,28,32)(H,33,34,35);/q;+1/p-1. The van der Waals surface area contributed by atoms with E-state index in [1.165, 1.54) is 19.2 Å². The summed E-state index contributed by atoms with van der Waals surface area (Å²) in [6.07, 6.45) is 0. The Morgan fingerprint density at radius 1 is 1.03 bits per heavy atom. The fourth-order valence-corrected chi connectivity index (χ4v) is 4.96. The van der Waals surface area contributed by atoms with Crippen LogP contribution in [0.4, 0.5) is 17.1 Å². The molecule has 0 aliphatic rings. The molecule has 0 aliphatic carbocycles. The molecule has 38 heavy (non-hydrogen) atoms. The molecule has 2 N–H and O–H groups in total. The number of hydrogen-bond acceptors (Lipinski definition) is 7. The van der Waals surface area contributed by atoms with Crippen LogP contribution >= 0.6 is 23.2 Å². The average molecular weight is 582 g/mol. The van der Waals surface area contributed by atoms with Gasteiger partial charge in [0, 0.05) is 10.9 Å². The van der Waals surface area contributed by atoms with E-state index in [9.17, 15) is 22.9 Å². The Kier molecular flexibility index (Phi) is 9.43. The summed E-state index contributed by atoms with van der Waals surface area (Å²) in [5.41, 5.74) is 0.425. The van der Waals surface area contributed by atoms with Crippen LogP contribution in [0.5, 0.6) is 11.5 Å². The second-order valence-electron chi connectivity index (χ2n) is 7.84. The number of carbonyl (C=O) groups excluding carboxylic acids is 1. The van der Waals surface area contributed by atoms with Crippen molar-refractivity contribution in [1.82, 2.24) is 0 Å². The van der Waals surface area contributed by atoms with Crippen molar-refractivity contribution in [1.29, 1.82) is 0 Å². The molecule has 0 heterocycles. The first-order chi connectivity index (χ1) is 17.5. The molecular weight excluding hydrogens is 564 g/mol. The first kappa shape index (κ1) is 29.9. The number of azo groups is 1. The van der Waals surface area contributed by atoms with Gasteiger partial charge in [-0.05, 0) is 48.2 Å². The van der Waals surface area contributed by atoms with E-state index in [4.69, 9.17) is 27.9 Å². The fourth-order valence-electron chi connectivity index (χ4n) is 3.63. The van der Waals surface area contributed by atoms with Crippen molar-refractivity contribution in [3.8, 4) is 11.5 Å². The zero-order valence-electron chi connectivity index (χ0n) is 20.3. The van der Waals surface area contributed by atoms with Crippen LogP contribution in [0.2, 0.25) is 10.0 Å². The molecule has 190 valence electrons. The monoisotopic (exact) mass is 581 g/mol. The van der Waals surface area contributed by atoms with Crippen LogP contribution in [0.3, 0.4) is 0 Å². The van der Waals surface area contributed by atoms with E-state index in [1.807, 2.05) is 0 Å². The van der Waals surface area contributed by atoms with Crippen molar-refractivity contribution in [2.45, 2.75) is 11.8 Å². The molecular formula is C25H18Cl2N3NaO6S. The van der Waals surface area contributed by atoms with Gasteiger partial charge >= 0.3 is 29.6 Å². The Morgan fingerprint density at radius 3 is 2.42 bits per heavy atom. The molecule has 4 rings (SSSR count). The van der Waals surface area contributed by atoms with Crippen LogP contribution < -0.4 is 44.7 Å². The summed E-state index contributed by atoms with van der Waals surface area (Å²) in [5, 5.41) is 25.2. The SMILES string of the molecule is COc1c(Cl)cccc1NC(=O)c1cc2ccccc2c(N=Nc2cc(S(=O)(=O)O)c(Cl)cc2C)c1[O-].[Na+]. The minimum Gasteiger partial charge on any atom is -0.870 e. The van der Waals surface area contributed by atoms with Crippen molar-refractivity contribution in [3.63, 3.8) is 0 Å². The van der Waals surface area contributed by atoms with Crippen LogP contribution in [0.15, 0.2) is 75.8 Å². The number of amides is 1. The van der Waals surface area contributed by atoms with Crippen molar-refractivity contribution < 1.29 is 57.2 Å². The first-order valence-corrected chi connectivity index (χ1v) is 12.8. The van der Waals surface area contributed by atoms with E-state index in [-0.39, 0.29) is 68.0 Å². The summed E-state index contributed by atoms with van der Waals surface area (Å²) in [7, 11) is -3.22. The minimum atomic E-state index is -4.62. The van der Waals surface area contributed by atoms with Gasteiger partial charge in [0.1, 0.15) is 4.90 Å². The maximum absolute atomic E-state index is 13.4. The molecule has 4 aromatic carbocycles. The molecule has 0 fully saturated rings. The molecule has 0 aromatic heterocycles. The summed E-state index contributed by atoms with van der Waals surface area (Å²) in [6, 6.07) is 15.3. The smallest absolute Gasteiger partial charge is 0.870 e. The van der Waals surface area contributed by atoms with E-state index < -0.39 is 26.7 Å². The molecule has 0 spiro atoms. The third-order valence-corrected chi connectivity index (χ3v) is 7.04. The van der Waals surface area contributed by atoms with Crippen LogP contribution in [0.1, 0.15) is 15.9 Å². The van der Waals surface area contributed by atoms with Crippen LogP contribution in [-0.2, 0) is 10.1 Å². The molecule has 0 bridgehead atoms. The Labute approximate surface area is 250 Å². The van der Waals surface area contributed by atoms with Gasteiger partial charge in [-0.15, -0.1) is 0 Å². The summed E-state index contributed by atoms with van der Waals surface area (Å²) in [5.74, 6) is -1.19. The molecule has 0 radical (unpaired) electrons. The number of benzene rings is 4. The van der Waals surface area contributed by atoms with Gasteiger partial charge in [-0.3, -0.25) is 9.35 Å². The maximum Gasteiger partial charge on any atom is 1.00 e. The number of fused-ring (bicyclic) bond motifs is 1. The van der Waals surface area contributed by atoms with Gasteiger partial charge in [0.15, 0.2) is 5.75 Å². The van der Waals surface area contributed by atoms with Gasteiger partial charge in [0.2, 0.25) is 0 Å². The average Bonchev–Trinajstić information content (AvgIpc) is 2.83. The number of nitrogens with zero attached hydrogens (tertiary/aromatic N) is 2. The number of para-hydroxylation sites is 1. The number of nitrogens with one attached hydrogen (secondary N) is 1. The third kappa shape index (κ3) is 6.13. The summed E-state index contributed by atoms with van der Waals surface area (Å²) >= 11 is 12.1. The molecule has 13 heteroatoms. The van der Waals surface area contributed by atoms with Gasteiger partial charge in [0.05, 0.1) is 34.2 Å². The second kappa shape index (κ2) is 12.0. The predicted molar refractivity (Wildman–Crippen MR) is 140 cm³/mol. The zero-order valence-corrected chi connectivity index (χ0v) is 24.6. The largest absolute Gasteiger partial charge is 1.00 e. The maximum atomic E-state index is 13.4. The van der Waals surface area contributed by atoms with E-state index >= 15 is 0 Å². The topological polar surface area (TPSA) is 140 Å². The number of rotatable bonds is 6. The fraction of sp³-hybridized carbons (Fsp3) is 0.0800. The van der Waals surface area contributed by atoms with Gasteiger partial charge in [-0.25, -0.2) is 0 Å². The van der Waals surface area contributed by atoms with Crippen LogP contribution in [-0.4, -0.2) is 26.0 Å². The van der Waals surface area contributed by atoms with Crippen LogP contribution in [0, 0.1) is 6.92 Å². The Balaban J connectivity index is 0.00000400. The van der Waals surface area contributed by atoms with Crippen molar-refractivity contribution in [2.75, 3.05) is 12.4 Å². The zero-order chi connectivity index (χ0) is 26.9. The predicted octanol–water partition coefficient (Wildman–Crippen LogP) is 3.46. The van der Waals surface area contributed by atoms with Gasteiger partial charge in [0.25, 0.3) is 16.0 Å².